The van der Waals surface area contributed by atoms with E-state index in [1.807, 2.05) is 13.8 Å². The summed E-state index contributed by atoms with van der Waals surface area (Å²) in [7, 11) is 0. The van der Waals surface area contributed by atoms with Crippen LogP contribution in [0, 0.1) is 5.92 Å². The monoisotopic (exact) mass is 564 g/mol. The minimum Gasteiger partial charge on any atom is -0.361 e. The van der Waals surface area contributed by atoms with Crippen LogP contribution in [0.2, 0.25) is 0 Å². The molecule has 2 fully saturated rings. The molecule has 0 unspecified atom stereocenters. The number of ketones is 1. The van der Waals surface area contributed by atoms with Crippen LogP contribution in [-0.4, -0.2) is 83.7 Å². The van der Waals surface area contributed by atoms with Crippen LogP contribution in [0.4, 0.5) is 8.78 Å². The number of nitrogens with zero attached hydrogens (tertiary/aromatic N) is 1. The van der Waals surface area contributed by atoms with Gasteiger partial charge in [-0.25, -0.2) is 8.78 Å². The first-order valence-electron chi connectivity index (χ1n) is 13.5. The van der Waals surface area contributed by atoms with E-state index in [0.29, 0.717) is 18.4 Å². The zero-order valence-electron chi connectivity index (χ0n) is 23.3. The first-order chi connectivity index (χ1) is 18.7. The van der Waals surface area contributed by atoms with Crippen LogP contribution in [0.1, 0.15) is 52.5 Å². The first kappa shape index (κ1) is 31.1. The quantitative estimate of drug-likeness (QED) is 0.310. The van der Waals surface area contributed by atoms with E-state index < -0.39 is 72.8 Å². The molecule has 40 heavy (non-hydrogen) atoms. The van der Waals surface area contributed by atoms with Gasteiger partial charge in [0.15, 0.2) is 5.78 Å². The van der Waals surface area contributed by atoms with Crippen molar-refractivity contribution in [2.45, 2.75) is 83.0 Å². The van der Waals surface area contributed by atoms with Crippen molar-refractivity contribution in [3.05, 3.63) is 35.9 Å². The van der Waals surface area contributed by atoms with E-state index in [1.165, 1.54) is 6.92 Å². The van der Waals surface area contributed by atoms with Gasteiger partial charge in [-0.3, -0.25) is 24.0 Å². The van der Waals surface area contributed by atoms with E-state index in [1.54, 1.807) is 37.3 Å². The zero-order chi connectivity index (χ0) is 29.7. The minimum absolute atomic E-state index is 0.0280. The topological polar surface area (TPSA) is 137 Å². The lowest BCUT2D eigenvalue weighted by Crippen LogP contribution is -2.57. The molecule has 2 saturated heterocycles. The number of hydrogen-bond donors (Lipinski definition) is 3. The van der Waals surface area contributed by atoms with Crippen molar-refractivity contribution in [1.82, 2.24) is 20.9 Å². The summed E-state index contributed by atoms with van der Waals surface area (Å²) in [6.07, 6.45) is 0.133. The third-order valence-corrected chi connectivity index (χ3v) is 7.06. The number of nitrogens with one attached hydrogen (secondary N) is 3. The summed E-state index contributed by atoms with van der Waals surface area (Å²) < 4.78 is 34.0. The summed E-state index contributed by atoms with van der Waals surface area (Å²) in [5, 5.41) is 7.57. The van der Waals surface area contributed by atoms with E-state index in [2.05, 4.69) is 16.0 Å². The highest BCUT2D eigenvalue weighted by atomic mass is 19.3. The number of benzene rings is 1. The fourth-order valence-electron chi connectivity index (χ4n) is 4.60. The summed E-state index contributed by atoms with van der Waals surface area (Å²) in [5.74, 6) is -6.25. The van der Waals surface area contributed by atoms with Gasteiger partial charge in [0.05, 0.1) is 25.7 Å². The summed E-state index contributed by atoms with van der Waals surface area (Å²) in [6.45, 7) is 5.55. The Labute approximate surface area is 232 Å². The average Bonchev–Trinajstić information content (AvgIpc) is 3.55. The summed E-state index contributed by atoms with van der Waals surface area (Å²) in [5.41, 5.74) is -0.280. The predicted octanol–water partition coefficient (Wildman–Crippen LogP) is 1.37. The van der Waals surface area contributed by atoms with Crippen molar-refractivity contribution >= 4 is 29.4 Å². The standard InChI is InChI=1S/C28H38F2N4O6/c1-17(2)10-11-20(24(37)27(4)16-40-27)32-25(38)21(12-19-8-6-5-7-9-19)33-26(39)22-13-28(29,30)15-34(22)23(36)14-31-18(3)35/h5-9,17,20-22H,10-16H2,1-4H3,(H,31,35)(H,32,38)(H,33,39)/t20-,21-,22-,27+/m0/s1. The van der Waals surface area contributed by atoms with Gasteiger partial charge < -0.3 is 25.6 Å². The zero-order valence-corrected chi connectivity index (χ0v) is 23.3. The molecule has 2 aliphatic heterocycles. The lowest BCUT2D eigenvalue weighted by Gasteiger charge is -2.27. The molecule has 2 aliphatic rings. The number of carbonyl (C=O) groups is 5. The van der Waals surface area contributed by atoms with Crippen molar-refractivity contribution in [3.63, 3.8) is 0 Å². The number of halogens is 2. The lowest BCUT2D eigenvalue weighted by molar-refractivity contribution is -0.140. The SMILES string of the molecule is CC(=O)NCC(=O)N1CC(F)(F)C[C@H]1C(=O)N[C@@H](Cc1ccccc1)C(=O)N[C@@H](CCC(C)C)C(=O)[C@@]1(C)CO1. The largest absolute Gasteiger partial charge is 0.361 e. The van der Waals surface area contributed by atoms with Crippen LogP contribution in [0.3, 0.4) is 0 Å². The van der Waals surface area contributed by atoms with Gasteiger partial charge in [0.25, 0.3) is 5.92 Å². The molecule has 0 aromatic heterocycles. The summed E-state index contributed by atoms with van der Waals surface area (Å²) in [6, 6.07) is 5.19. The molecule has 0 bridgehead atoms. The molecule has 0 saturated carbocycles. The van der Waals surface area contributed by atoms with Crippen molar-refractivity contribution in [1.29, 1.82) is 0 Å². The van der Waals surface area contributed by atoms with Crippen LogP contribution in [-0.2, 0) is 35.1 Å². The molecule has 12 heteroatoms. The van der Waals surface area contributed by atoms with Crippen molar-refractivity contribution in [3.8, 4) is 0 Å². The Morgan fingerprint density at radius 1 is 1.05 bits per heavy atom. The van der Waals surface area contributed by atoms with Gasteiger partial charge in [0, 0.05) is 19.8 Å². The Bertz CT molecular complexity index is 1110. The van der Waals surface area contributed by atoms with E-state index in [9.17, 15) is 32.8 Å². The Morgan fingerprint density at radius 2 is 1.70 bits per heavy atom. The molecule has 1 aromatic rings. The lowest BCUT2D eigenvalue weighted by atomic mass is 9.93. The van der Waals surface area contributed by atoms with Crippen LogP contribution >= 0.6 is 0 Å². The molecular formula is C28H38F2N4O6. The van der Waals surface area contributed by atoms with E-state index >= 15 is 0 Å². The molecule has 4 atom stereocenters. The van der Waals surface area contributed by atoms with Gasteiger partial charge >= 0.3 is 0 Å². The Morgan fingerprint density at radius 3 is 2.27 bits per heavy atom. The summed E-state index contributed by atoms with van der Waals surface area (Å²) >= 11 is 0. The normalized spacial score (nSPS) is 22.8. The highest BCUT2D eigenvalue weighted by Crippen LogP contribution is 2.32. The molecule has 220 valence electrons. The smallest absolute Gasteiger partial charge is 0.267 e. The Hall–Kier alpha value is -3.41. The van der Waals surface area contributed by atoms with Crippen LogP contribution in [0.5, 0.6) is 0 Å². The maximum atomic E-state index is 14.3. The van der Waals surface area contributed by atoms with Gasteiger partial charge in [-0.2, -0.15) is 0 Å². The van der Waals surface area contributed by atoms with Gasteiger partial charge in [-0.05, 0) is 31.2 Å². The van der Waals surface area contributed by atoms with Crippen molar-refractivity contribution in [2.24, 2.45) is 5.92 Å². The molecule has 3 rings (SSSR count). The number of amides is 4. The highest BCUT2D eigenvalue weighted by molar-refractivity contribution is 5.98. The van der Waals surface area contributed by atoms with Crippen molar-refractivity contribution in [2.75, 3.05) is 19.7 Å². The second kappa shape index (κ2) is 12.8. The number of rotatable bonds is 13. The molecule has 1 aromatic carbocycles. The van der Waals surface area contributed by atoms with Gasteiger partial charge in [0.2, 0.25) is 23.6 Å². The van der Waals surface area contributed by atoms with Crippen LogP contribution in [0.15, 0.2) is 30.3 Å². The van der Waals surface area contributed by atoms with Crippen LogP contribution < -0.4 is 16.0 Å². The van der Waals surface area contributed by atoms with E-state index in [4.69, 9.17) is 4.74 Å². The molecule has 10 nitrogen and oxygen atoms in total. The second-order valence-corrected chi connectivity index (χ2v) is 11.2. The first-order valence-corrected chi connectivity index (χ1v) is 13.5. The molecule has 0 radical (unpaired) electrons. The molecule has 0 aliphatic carbocycles. The summed E-state index contributed by atoms with van der Waals surface area (Å²) in [4.78, 5) is 64.4. The van der Waals surface area contributed by atoms with E-state index in [-0.39, 0.29) is 24.7 Å². The molecule has 2 heterocycles. The number of alkyl halides is 2. The number of carbonyl (C=O) groups excluding carboxylic acids is 5. The fraction of sp³-hybridized carbons (Fsp3) is 0.607. The number of hydrogen-bond acceptors (Lipinski definition) is 6. The fourth-order valence-corrected chi connectivity index (χ4v) is 4.60. The third kappa shape index (κ3) is 8.54. The highest BCUT2D eigenvalue weighted by Gasteiger charge is 2.51. The van der Waals surface area contributed by atoms with Gasteiger partial charge in [-0.1, -0.05) is 44.2 Å². The maximum absolute atomic E-state index is 14.3. The maximum Gasteiger partial charge on any atom is 0.267 e. The minimum atomic E-state index is -3.32. The number of Topliss-reactive ketones (excluding diaryl/α,β-unsaturated/α-hetero) is 1. The van der Waals surface area contributed by atoms with E-state index in [0.717, 1.165) is 4.90 Å². The predicted molar refractivity (Wildman–Crippen MR) is 141 cm³/mol. The number of epoxide rings is 1. The average molecular weight is 565 g/mol. The number of likely N-dealkylation sites (tertiary alicyclic amines) is 1. The third-order valence-electron chi connectivity index (χ3n) is 7.06. The number of ether oxygens (including phenoxy) is 1. The van der Waals surface area contributed by atoms with Gasteiger partial charge in [0.1, 0.15) is 17.7 Å². The second-order valence-electron chi connectivity index (χ2n) is 11.2. The Balaban J connectivity index is 1.80. The van der Waals surface area contributed by atoms with Gasteiger partial charge in [-0.15, -0.1) is 0 Å². The molecule has 0 spiro atoms. The Kier molecular flexibility index (Phi) is 9.99. The van der Waals surface area contributed by atoms with Crippen molar-refractivity contribution < 1.29 is 37.5 Å². The molecule has 4 amide bonds. The molecule has 3 N–H and O–H groups in total. The molecular weight excluding hydrogens is 526 g/mol. The van der Waals surface area contributed by atoms with Crippen LogP contribution in [0.25, 0.3) is 0 Å².